The van der Waals surface area contributed by atoms with E-state index in [9.17, 15) is 13.2 Å². The number of piperidine rings is 1. The lowest BCUT2D eigenvalue weighted by molar-refractivity contribution is -0.137. The van der Waals surface area contributed by atoms with Crippen LogP contribution in [0.3, 0.4) is 0 Å². The maximum atomic E-state index is 13.5. The highest BCUT2D eigenvalue weighted by Gasteiger charge is 2.37. The van der Waals surface area contributed by atoms with Crippen LogP contribution >= 0.6 is 0 Å². The molecule has 6 nitrogen and oxygen atoms in total. The molecule has 2 heterocycles. The molecule has 0 aromatic heterocycles. The Hall–Kier alpha value is -2.38. The van der Waals surface area contributed by atoms with Crippen molar-refractivity contribution in [1.82, 2.24) is 9.21 Å². The number of hydrogen-bond acceptors (Lipinski definition) is 4. The summed E-state index contributed by atoms with van der Waals surface area (Å²) in [5.74, 6) is 0.903. The van der Waals surface area contributed by atoms with E-state index in [-0.39, 0.29) is 17.9 Å². The summed E-state index contributed by atoms with van der Waals surface area (Å²) in [6, 6.07) is 13.8. The number of likely N-dealkylation sites (tertiary alicyclic amines) is 1. The summed E-state index contributed by atoms with van der Waals surface area (Å²) in [4.78, 5) is 15.9. The second-order valence-corrected chi connectivity index (χ2v) is 11.9. The first-order valence-electron chi connectivity index (χ1n) is 13.1. The minimum Gasteiger partial charge on any atom is -0.494 e. The number of carbonyl (C=O) groups excluding carboxylic acids is 1. The monoisotopic (exact) mass is 496 g/mol. The first kappa shape index (κ1) is 24.3. The molecule has 2 aromatic carbocycles. The van der Waals surface area contributed by atoms with Crippen LogP contribution in [0.25, 0.3) is 0 Å². The Morgan fingerprint density at radius 3 is 2.34 bits per heavy atom. The number of ether oxygens (including phenoxy) is 1. The van der Waals surface area contributed by atoms with Gasteiger partial charge in [0, 0.05) is 25.6 Å². The third kappa shape index (κ3) is 4.98. The quantitative estimate of drug-likeness (QED) is 0.580. The Bertz CT molecular complexity index is 1150. The lowest BCUT2D eigenvalue weighted by Gasteiger charge is -2.34. The number of carbonyl (C=O) groups is 1. The van der Waals surface area contributed by atoms with E-state index in [1.807, 2.05) is 36.1 Å². The number of aryl methyl sites for hydroxylation is 2. The van der Waals surface area contributed by atoms with Crippen LogP contribution in [0.2, 0.25) is 0 Å². The van der Waals surface area contributed by atoms with Crippen molar-refractivity contribution >= 4 is 15.9 Å². The van der Waals surface area contributed by atoms with Crippen LogP contribution in [-0.2, 0) is 27.7 Å². The highest BCUT2D eigenvalue weighted by Crippen LogP contribution is 2.36. The summed E-state index contributed by atoms with van der Waals surface area (Å²) in [6.45, 7) is 4.17. The van der Waals surface area contributed by atoms with Gasteiger partial charge >= 0.3 is 0 Å². The van der Waals surface area contributed by atoms with Crippen LogP contribution in [0.5, 0.6) is 5.75 Å². The van der Waals surface area contributed by atoms with Gasteiger partial charge in [0.05, 0.1) is 17.5 Å². The number of hydrogen-bond donors (Lipinski definition) is 0. The van der Waals surface area contributed by atoms with Crippen LogP contribution in [0.15, 0.2) is 47.4 Å². The summed E-state index contributed by atoms with van der Waals surface area (Å²) in [5.41, 5.74) is 3.61. The Kier molecular flexibility index (Phi) is 7.17. The molecule has 188 valence electrons. The molecule has 2 saturated heterocycles. The van der Waals surface area contributed by atoms with Crippen molar-refractivity contribution in [2.75, 3.05) is 26.2 Å². The second kappa shape index (κ2) is 10.3. The Balaban J connectivity index is 1.23. The predicted molar refractivity (Wildman–Crippen MR) is 136 cm³/mol. The van der Waals surface area contributed by atoms with Crippen LogP contribution in [0.1, 0.15) is 68.2 Å². The van der Waals surface area contributed by atoms with Gasteiger partial charge in [-0.2, -0.15) is 4.31 Å². The van der Waals surface area contributed by atoms with Gasteiger partial charge in [0.1, 0.15) is 5.75 Å². The zero-order valence-electron chi connectivity index (χ0n) is 20.6. The molecule has 0 saturated carbocycles. The van der Waals surface area contributed by atoms with Gasteiger partial charge in [-0.15, -0.1) is 0 Å². The zero-order chi connectivity index (χ0) is 24.4. The van der Waals surface area contributed by atoms with Gasteiger partial charge in [0.15, 0.2) is 0 Å². The fraction of sp³-hybridized carbons (Fsp3) is 0.536. The molecule has 0 radical (unpaired) electrons. The van der Waals surface area contributed by atoms with Crippen LogP contribution in [0.4, 0.5) is 0 Å². The van der Waals surface area contributed by atoms with Crippen molar-refractivity contribution in [3.8, 4) is 5.75 Å². The van der Waals surface area contributed by atoms with E-state index in [1.54, 1.807) is 10.4 Å². The average Bonchev–Trinajstić information content (AvgIpc) is 3.39. The van der Waals surface area contributed by atoms with E-state index in [0.29, 0.717) is 37.4 Å². The average molecular weight is 497 g/mol. The lowest BCUT2D eigenvalue weighted by Crippen LogP contribution is -2.44. The molecule has 1 amide bonds. The zero-order valence-corrected chi connectivity index (χ0v) is 21.4. The molecule has 1 atom stereocenters. The van der Waals surface area contributed by atoms with E-state index < -0.39 is 10.0 Å². The molecule has 3 aliphatic rings. The first-order chi connectivity index (χ1) is 17.0. The van der Waals surface area contributed by atoms with Gasteiger partial charge in [0.2, 0.25) is 15.9 Å². The Morgan fingerprint density at radius 2 is 1.63 bits per heavy atom. The minimum absolute atomic E-state index is 0.0930. The molecule has 1 aliphatic carbocycles. The number of benzene rings is 2. The topological polar surface area (TPSA) is 66.9 Å². The van der Waals surface area contributed by atoms with Crippen LogP contribution < -0.4 is 4.74 Å². The van der Waals surface area contributed by atoms with Gasteiger partial charge in [-0.05, 0) is 99.2 Å². The predicted octanol–water partition coefficient (Wildman–Crippen LogP) is 4.73. The molecule has 35 heavy (non-hydrogen) atoms. The van der Waals surface area contributed by atoms with Gasteiger partial charge in [-0.25, -0.2) is 8.42 Å². The molecule has 0 N–H and O–H groups in total. The van der Waals surface area contributed by atoms with Gasteiger partial charge in [-0.3, -0.25) is 4.79 Å². The summed E-state index contributed by atoms with van der Waals surface area (Å²) in [6.07, 6.45) is 7.42. The molecule has 2 aliphatic heterocycles. The highest BCUT2D eigenvalue weighted by molar-refractivity contribution is 7.89. The molecule has 2 aromatic rings. The maximum absolute atomic E-state index is 13.5. The van der Waals surface area contributed by atoms with E-state index >= 15 is 0 Å². The number of sulfonamides is 1. The molecule has 0 spiro atoms. The van der Waals surface area contributed by atoms with E-state index in [1.165, 1.54) is 17.5 Å². The number of fused-ring (bicyclic) bond motifs is 1. The van der Waals surface area contributed by atoms with Gasteiger partial charge in [0.25, 0.3) is 0 Å². The molecule has 0 unspecified atom stereocenters. The number of nitrogens with zero attached hydrogens (tertiary/aromatic N) is 2. The third-order valence-electron chi connectivity index (χ3n) is 7.87. The van der Waals surface area contributed by atoms with Crippen molar-refractivity contribution < 1.29 is 17.9 Å². The fourth-order valence-electron chi connectivity index (χ4n) is 5.93. The summed E-state index contributed by atoms with van der Waals surface area (Å²) in [5, 5.41) is 0. The van der Waals surface area contributed by atoms with Gasteiger partial charge in [-0.1, -0.05) is 18.2 Å². The van der Waals surface area contributed by atoms with Crippen molar-refractivity contribution in [1.29, 1.82) is 0 Å². The minimum atomic E-state index is -3.53. The standard InChI is InChI=1S/C28H36N2O4S/c1-2-34-25-12-9-22(10-13-25)27-8-5-17-30(27)28(31)23-15-18-29(19-16-23)35(32,33)26-14-11-21-6-3-4-7-24(21)20-26/h9-14,20,23,27H,2-8,15-19H2,1H3/t27-/m0/s1. The first-order valence-corrected chi connectivity index (χ1v) is 14.6. The largest absolute Gasteiger partial charge is 0.494 e. The number of rotatable bonds is 6. The van der Waals surface area contributed by atoms with Crippen molar-refractivity contribution in [3.05, 3.63) is 59.2 Å². The van der Waals surface area contributed by atoms with Crippen LogP contribution in [-0.4, -0.2) is 49.8 Å². The number of amides is 1. The smallest absolute Gasteiger partial charge is 0.243 e. The van der Waals surface area contributed by atoms with E-state index in [2.05, 4.69) is 12.1 Å². The molecule has 5 rings (SSSR count). The third-order valence-corrected chi connectivity index (χ3v) is 9.77. The molecule has 7 heteroatoms. The lowest BCUT2D eigenvalue weighted by atomic mass is 9.92. The SMILES string of the molecule is CCOc1ccc([C@@H]2CCCN2C(=O)C2CCN(S(=O)(=O)c3ccc4c(c3)CCCC4)CC2)cc1. The fourth-order valence-corrected chi connectivity index (χ4v) is 7.45. The normalized spacial score (nSPS) is 21.6. The summed E-state index contributed by atoms with van der Waals surface area (Å²) < 4.78 is 33.8. The van der Waals surface area contributed by atoms with Crippen LogP contribution in [0, 0.1) is 5.92 Å². The Morgan fingerprint density at radius 1 is 0.914 bits per heavy atom. The second-order valence-electron chi connectivity index (χ2n) is 10.0. The van der Waals surface area contributed by atoms with E-state index in [0.717, 1.165) is 50.0 Å². The Labute approximate surface area is 209 Å². The summed E-state index contributed by atoms with van der Waals surface area (Å²) >= 11 is 0. The van der Waals surface area contributed by atoms with Gasteiger partial charge < -0.3 is 9.64 Å². The highest BCUT2D eigenvalue weighted by atomic mass is 32.2. The molecular formula is C28H36N2O4S. The maximum Gasteiger partial charge on any atom is 0.243 e. The van der Waals surface area contributed by atoms with Crippen molar-refractivity contribution in [3.63, 3.8) is 0 Å². The molecule has 2 fully saturated rings. The van der Waals surface area contributed by atoms with Crippen molar-refractivity contribution in [2.24, 2.45) is 5.92 Å². The van der Waals surface area contributed by atoms with Crippen molar-refractivity contribution in [2.45, 2.75) is 69.2 Å². The van der Waals surface area contributed by atoms with E-state index in [4.69, 9.17) is 4.74 Å². The molecular weight excluding hydrogens is 460 g/mol. The summed E-state index contributed by atoms with van der Waals surface area (Å²) in [7, 11) is -3.53. The molecule has 0 bridgehead atoms.